The van der Waals surface area contributed by atoms with Crippen LogP contribution in [0.3, 0.4) is 0 Å². The zero-order valence-corrected chi connectivity index (χ0v) is 12.1. The maximum absolute atomic E-state index is 12.2. The van der Waals surface area contributed by atoms with Gasteiger partial charge in [0.25, 0.3) is 0 Å². The van der Waals surface area contributed by atoms with E-state index in [2.05, 4.69) is 0 Å². The Morgan fingerprint density at radius 2 is 1.86 bits per heavy atom. The van der Waals surface area contributed by atoms with E-state index in [0.717, 1.165) is 0 Å². The molecular weight excluding hydrogens is 292 g/mol. The van der Waals surface area contributed by atoms with Crippen LogP contribution in [-0.4, -0.2) is 47.4 Å². The first-order valence-corrected chi connectivity index (χ1v) is 6.87. The molecule has 0 spiro atoms. The fraction of sp³-hybridized carbons (Fsp3) is 0.467. The third-order valence-electron chi connectivity index (χ3n) is 3.49. The Morgan fingerprint density at radius 3 is 2.50 bits per heavy atom. The zero-order valence-electron chi connectivity index (χ0n) is 12.1. The number of carbonyl (C=O) groups is 2. The smallest absolute Gasteiger partial charge is 0.338 e. The minimum Gasteiger partial charge on any atom is -0.479 e. The molecule has 2 heterocycles. The van der Waals surface area contributed by atoms with Crippen molar-refractivity contribution in [1.82, 2.24) is 0 Å². The van der Waals surface area contributed by atoms with E-state index in [1.165, 1.54) is 0 Å². The lowest BCUT2D eigenvalue weighted by Crippen LogP contribution is -2.41. The number of esters is 1. The Hall–Kier alpha value is -1.96. The molecule has 0 aliphatic carbocycles. The van der Waals surface area contributed by atoms with E-state index < -0.39 is 42.3 Å². The summed E-state index contributed by atoms with van der Waals surface area (Å²) in [5.74, 6) is -2.78. The molecule has 2 aliphatic rings. The summed E-state index contributed by atoms with van der Waals surface area (Å²) in [7, 11) is 0. The number of hydrogen-bond donors (Lipinski definition) is 1. The number of carboxylic acids is 1. The van der Waals surface area contributed by atoms with Crippen LogP contribution in [0.5, 0.6) is 0 Å². The van der Waals surface area contributed by atoms with E-state index in [0.29, 0.717) is 5.56 Å². The van der Waals surface area contributed by atoms with Crippen LogP contribution < -0.4 is 0 Å². The number of rotatable bonds is 3. The predicted molar refractivity (Wildman–Crippen MR) is 72.0 cm³/mol. The lowest BCUT2D eigenvalue weighted by Gasteiger charge is -2.23. The topological polar surface area (TPSA) is 91.3 Å². The summed E-state index contributed by atoms with van der Waals surface area (Å²) in [5, 5.41) is 9.22. The molecule has 0 saturated carbocycles. The normalized spacial score (nSPS) is 32.5. The van der Waals surface area contributed by atoms with Crippen molar-refractivity contribution in [2.24, 2.45) is 0 Å². The SMILES string of the molecule is CC1(C)O[C@H]2O[C@H](C(=O)O)[C@@H](OC(=O)c3ccccc3)[C@H]2O1. The van der Waals surface area contributed by atoms with Crippen molar-refractivity contribution in [3.63, 3.8) is 0 Å². The molecule has 2 aliphatic heterocycles. The Bertz CT molecular complexity index is 583. The molecule has 1 N–H and O–H groups in total. The largest absolute Gasteiger partial charge is 0.479 e. The number of aliphatic carboxylic acids is 1. The predicted octanol–water partition coefficient (Wildman–Crippen LogP) is 1.17. The van der Waals surface area contributed by atoms with Crippen LogP contribution in [0.1, 0.15) is 24.2 Å². The van der Waals surface area contributed by atoms with Gasteiger partial charge < -0.3 is 24.1 Å². The second-order valence-electron chi connectivity index (χ2n) is 5.60. The van der Waals surface area contributed by atoms with Gasteiger partial charge in [-0.15, -0.1) is 0 Å². The molecule has 0 aromatic heterocycles. The molecule has 0 bridgehead atoms. The number of ether oxygens (including phenoxy) is 4. The van der Waals surface area contributed by atoms with Gasteiger partial charge in [-0.25, -0.2) is 9.59 Å². The molecule has 1 aromatic carbocycles. The molecular formula is C15H16O7. The highest BCUT2D eigenvalue weighted by Gasteiger charge is 2.58. The third-order valence-corrected chi connectivity index (χ3v) is 3.49. The van der Waals surface area contributed by atoms with Crippen molar-refractivity contribution >= 4 is 11.9 Å². The van der Waals surface area contributed by atoms with Gasteiger partial charge >= 0.3 is 11.9 Å². The van der Waals surface area contributed by atoms with Crippen LogP contribution in [-0.2, 0) is 23.7 Å². The van der Waals surface area contributed by atoms with Crippen LogP contribution in [0.2, 0.25) is 0 Å². The lowest BCUT2D eigenvalue weighted by atomic mass is 10.1. The molecule has 0 amide bonds. The van der Waals surface area contributed by atoms with Crippen LogP contribution >= 0.6 is 0 Å². The highest BCUT2D eigenvalue weighted by molar-refractivity contribution is 5.89. The fourth-order valence-corrected chi connectivity index (χ4v) is 2.57. The van der Waals surface area contributed by atoms with Gasteiger partial charge in [-0.05, 0) is 26.0 Å². The average Bonchev–Trinajstić information content (AvgIpc) is 2.93. The molecule has 1 aromatic rings. The number of carboxylic acid groups (broad SMARTS) is 1. The maximum atomic E-state index is 12.2. The molecule has 0 radical (unpaired) electrons. The van der Waals surface area contributed by atoms with Crippen LogP contribution in [0, 0.1) is 0 Å². The van der Waals surface area contributed by atoms with Gasteiger partial charge in [0.2, 0.25) is 0 Å². The molecule has 7 heteroatoms. The van der Waals surface area contributed by atoms with Gasteiger partial charge in [0, 0.05) is 0 Å². The minimum atomic E-state index is -1.32. The first-order chi connectivity index (χ1) is 10.4. The molecule has 4 atom stereocenters. The molecule has 2 fully saturated rings. The van der Waals surface area contributed by atoms with Crippen molar-refractivity contribution in [2.75, 3.05) is 0 Å². The van der Waals surface area contributed by atoms with E-state index in [9.17, 15) is 14.7 Å². The second-order valence-corrected chi connectivity index (χ2v) is 5.60. The quantitative estimate of drug-likeness (QED) is 0.838. The summed E-state index contributed by atoms with van der Waals surface area (Å²) < 4.78 is 21.7. The summed E-state index contributed by atoms with van der Waals surface area (Å²) in [6.45, 7) is 3.36. The summed E-state index contributed by atoms with van der Waals surface area (Å²) in [4.78, 5) is 23.4. The lowest BCUT2D eigenvalue weighted by molar-refractivity contribution is -0.219. The van der Waals surface area contributed by atoms with Gasteiger partial charge in [-0.2, -0.15) is 0 Å². The van der Waals surface area contributed by atoms with E-state index in [-0.39, 0.29) is 0 Å². The highest BCUT2D eigenvalue weighted by Crippen LogP contribution is 2.39. The zero-order chi connectivity index (χ0) is 15.9. The summed E-state index contributed by atoms with van der Waals surface area (Å²) in [6, 6.07) is 8.32. The first-order valence-electron chi connectivity index (χ1n) is 6.87. The van der Waals surface area contributed by atoms with Gasteiger partial charge in [-0.3, -0.25) is 0 Å². The van der Waals surface area contributed by atoms with Crippen molar-refractivity contribution < 1.29 is 33.6 Å². The minimum absolute atomic E-state index is 0.327. The highest BCUT2D eigenvalue weighted by atomic mass is 16.8. The standard InChI is InChI=1S/C15H16O7/c1-15(2)21-11-9(10(12(16)17)20-14(11)22-15)19-13(18)8-6-4-3-5-7-8/h3-7,9-11,14H,1-2H3,(H,16,17)/t9-,10+,11-,14-/m1/s1. The van der Waals surface area contributed by atoms with Crippen LogP contribution in [0.4, 0.5) is 0 Å². The Balaban J connectivity index is 1.79. The average molecular weight is 308 g/mol. The number of fused-ring (bicyclic) bond motifs is 1. The van der Waals surface area contributed by atoms with E-state index in [4.69, 9.17) is 18.9 Å². The Labute approximate surface area is 126 Å². The molecule has 22 heavy (non-hydrogen) atoms. The summed E-state index contributed by atoms with van der Waals surface area (Å²) in [5.41, 5.74) is 0.327. The number of carbonyl (C=O) groups excluding carboxylic acids is 1. The first kappa shape index (κ1) is 15.0. The van der Waals surface area contributed by atoms with Crippen molar-refractivity contribution in [2.45, 2.75) is 44.2 Å². The molecule has 0 unspecified atom stereocenters. The van der Waals surface area contributed by atoms with Gasteiger partial charge in [-0.1, -0.05) is 18.2 Å². The van der Waals surface area contributed by atoms with E-state index in [1.54, 1.807) is 44.2 Å². The van der Waals surface area contributed by atoms with Gasteiger partial charge in [0.05, 0.1) is 5.56 Å². The van der Waals surface area contributed by atoms with Crippen LogP contribution in [0.15, 0.2) is 30.3 Å². The monoisotopic (exact) mass is 308 g/mol. The summed E-state index contributed by atoms with van der Waals surface area (Å²) >= 11 is 0. The Morgan fingerprint density at radius 1 is 1.18 bits per heavy atom. The third kappa shape index (κ3) is 2.70. The second kappa shape index (κ2) is 5.35. The van der Waals surface area contributed by atoms with E-state index in [1.807, 2.05) is 0 Å². The Kier molecular flexibility index (Phi) is 3.64. The number of benzene rings is 1. The van der Waals surface area contributed by atoms with Crippen molar-refractivity contribution in [3.05, 3.63) is 35.9 Å². The summed E-state index contributed by atoms with van der Waals surface area (Å²) in [6.07, 6.45) is -4.04. The van der Waals surface area contributed by atoms with E-state index >= 15 is 0 Å². The van der Waals surface area contributed by atoms with Crippen LogP contribution in [0.25, 0.3) is 0 Å². The number of hydrogen-bond acceptors (Lipinski definition) is 6. The molecule has 2 saturated heterocycles. The van der Waals surface area contributed by atoms with Gasteiger partial charge in [0.15, 0.2) is 30.4 Å². The molecule has 7 nitrogen and oxygen atoms in total. The molecule has 118 valence electrons. The van der Waals surface area contributed by atoms with Gasteiger partial charge in [0.1, 0.15) is 0 Å². The van der Waals surface area contributed by atoms with Crippen molar-refractivity contribution in [3.8, 4) is 0 Å². The fourth-order valence-electron chi connectivity index (χ4n) is 2.57. The van der Waals surface area contributed by atoms with Crippen molar-refractivity contribution in [1.29, 1.82) is 0 Å². The maximum Gasteiger partial charge on any atom is 0.338 e. The molecule has 3 rings (SSSR count).